The van der Waals surface area contributed by atoms with Gasteiger partial charge in [-0.3, -0.25) is 0 Å². The van der Waals surface area contributed by atoms with E-state index in [9.17, 15) is 8.42 Å². The van der Waals surface area contributed by atoms with Crippen LogP contribution < -0.4 is 4.74 Å². The van der Waals surface area contributed by atoms with Gasteiger partial charge in [-0.25, -0.2) is 13.4 Å². The lowest BCUT2D eigenvalue weighted by atomic mass is 10.0. The second-order valence-electron chi connectivity index (χ2n) is 4.71. The SMILES string of the molecule is CN1CCCCC1COc1ccc(S(=O)(=O)Cl)cn1. The van der Waals surface area contributed by atoms with Crippen LogP contribution in [0.2, 0.25) is 0 Å². The second-order valence-corrected chi connectivity index (χ2v) is 7.28. The highest BCUT2D eigenvalue weighted by atomic mass is 35.7. The molecule has 2 heterocycles. The Hall–Kier alpha value is -0.850. The van der Waals surface area contributed by atoms with Crippen molar-refractivity contribution in [3.05, 3.63) is 18.3 Å². The summed E-state index contributed by atoms with van der Waals surface area (Å²) in [4.78, 5) is 6.21. The first-order valence-corrected chi connectivity index (χ1v) is 8.51. The molecule has 0 bridgehead atoms. The number of ether oxygens (including phenoxy) is 1. The summed E-state index contributed by atoms with van der Waals surface area (Å²) in [5.74, 6) is 0.419. The average molecular weight is 305 g/mol. The smallest absolute Gasteiger partial charge is 0.262 e. The fourth-order valence-corrected chi connectivity index (χ4v) is 2.82. The first kappa shape index (κ1) is 14.6. The fourth-order valence-electron chi connectivity index (χ4n) is 2.13. The van der Waals surface area contributed by atoms with Crippen molar-refractivity contribution in [2.24, 2.45) is 0 Å². The predicted octanol–water partition coefficient (Wildman–Crippen LogP) is 1.87. The zero-order chi connectivity index (χ0) is 13.9. The van der Waals surface area contributed by atoms with Crippen molar-refractivity contribution in [1.82, 2.24) is 9.88 Å². The molecular weight excluding hydrogens is 288 g/mol. The molecule has 0 aliphatic carbocycles. The van der Waals surface area contributed by atoms with Crippen LogP contribution in [0.1, 0.15) is 19.3 Å². The van der Waals surface area contributed by atoms with Crippen molar-refractivity contribution in [2.45, 2.75) is 30.2 Å². The van der Waals surface area contributed by atoms with Gasteiger partial charge in [-0.2, -0.15) is 0 Å². The van der Waals surface area contributed by atoms with E-state index in [1.165, 1.54) is 31.2 Å². The molecule has 0 aromatic carbocycles. The number of hydrogen-bond donors (Lipinski definition) is 0. The number of halogens is 1. The zero-order valence-corrected chi connectivity index (χ0v) is 12.3. The Morgan fingerprint density at radius 3 is 2.84 bits per heavy atom. The molecule has 1 aliphatic heterocycles. The standard InChI is InChI=1S/C12H17ClN2O3S/c1-15-7-3-2-4-10(15)9-18-12-6-5-11(8-14-12)19(13,16)17/h5-6,8,10H,2-4,7,9H2,1H3. The molecule has 2 rings (SSSR count). The number of nitrogens with zero attached hydrogens (tertiary/aromatic N) is 2. The van der Waals surface area contributed by atoms with Crippen LogP contribution in [0.3, 0.4) is 0 Å². The summed E-state index contributed by atoms with van der Waals surface area (Å²) in [6, 6.07) is 3.32. The molecule has 106 valence electrons. The number of hydrogen-bond acceptors (Lipinski definition) is 5. The number of aromatic nitrogens is 1. The first-order chi connectivity index (χ1) is 8.97. The molecule has 1 aliphatic rings. The van der Waals surface area contributed by atoms with Crippen LogP contribution >= 0.6 is 10.7 Å². The summed E-state index contributed by atoms with van der Waals surface area (Å²) >= 11 is 0. The van der Waals surface area contributed by atoms with E-state index >= 15 is 0 Å². The normalized spacial score (nSPS) is 21.3. The van der Waals surface area contributed by atoms with E-state index in [4.69, 9.17) is 15.4 Å². The maximum atomic E-state index is 11.1. The van der Waals surface area contributed by atoms with Crippen LogP contribution in [0, 0.1) is 0 Å². The Balaban J connectivity index is 1.93. The van der Waals surface area contributed by atoms with Gasteiger partial charge < -0.3 is 9.64 Å². The second kappa shape index (κ2) is 6.07. The highest BCUT2D eigenvalue weighted by Crippen LogP contribution is 2.18. The van der Waals surface area contributed by atoms with Gasteiger partial charge in [-0.05, 0) is 32.5 Å². The summed E-state index contributed by atoms with van der Waals surface area (Å²) in [6.07, 6.45) is 4.77. The minimum Gasteiger partial charge on any atom is -0.476 e. The molecule has 0 N–H and O–H groups in total. The zero-order valence-electron chi connectivity index (χ0n) is 10.8. The van der Waals surface area contributed by atoms with Crippen molar-refractivity contribution in [2.75, 3.05) is 20.2 Å². The summed E-state index contributed by atoms with van der Waals surface area (Å²) in [7, 11) is 3.58. The van der Waals surface area contributed by atoms with E-state index in [0.717, 1.165) is 13.0 Å². The Kier molecular flexibility index (Phi) is 4.65. The molecule has 0 amide bonds. The Morgan fingerprint density at radius 1 is 1.47 bits per heavy atom. The van der Waals surface area contributed by atoms with Crippen molar-refractivity contribution < 1.29 is 13.2 Å². The van der Waals surface area contributed by atoms with E-state index in [1.807, 2.05) is 0 Å². The van der Waals surface area contributed by atoms with Crippen LogP contribution in [0.4, 0.5) is 0 Å². The Labute approximate surface area is 118 Å². The van der Waals surface area contributed by atoms with Crippen molar-refractivity contribution in [1.29, 1.82) is 0 Å². The third-order valence-corrected chi connectivity index (χ3v) is 4.67. The lowest BCUT2D eigenvalue weighted by molar-refractivity contribution is 0.122. The topological polar surface area (TPSA) is 59.5 Å². The molecule has 1 fully saturated rings. The van der Waals surface area contributed by atoms with Crippen molar-refractivity contribution >= 4 is 19.7 Å². The summed E-state index contributed by atoms with van der Waals surface area (Å²) in [5.41, 5.74) is 0. The molecule has 19 heavy (non-hydrogen) atoms. The molecule has 7 heteroatoms. The molecule has 1 aromatic rings. The highest BCUT2D eigenvalue weighted by molar-refractivity contribution is 8.13. The Morgan fingerprint density at radius 2 is 2.26 bits per heavy atom. The fraction of sp³-hybridized carbons (Fsp3) is 0.583. The van der Waals surface area contributed by atoms with Gasteiger partial charge in [0.25, 0.3) is 9.05 Å². The van der Waals surface area contributed by atoms with E-state index in [1.54, 1.807) is 0 Å². The first-order valence-electron chi connectivity index (χ1n) is 6.20. The van der Waals surface area contributed by atoms with Crippen LogP contribution in [0.5, 0.6) is 5.88 Å². The molecular formula is C12H17ClN2O3S. The monoisotopic (exact) mass is 304 g/mol. The molecule has 5 nitrogen and oxygen atoms in total. The van der Waals surface area contributed by atoms with Gasteiger partial charge in [-0.15, -0.1) is 0 Å². The van der Waals surface area contributed by atoms with Crippen LogP contribution in [0.15, 0.2) is 23.2 Å². The lowest BCUT2D eigenvalue weighted by Gasteiger charge is -2.31. The van der Waals surface area contributed by atoms with Crippen LogP contribution in [-0.4, -0.2) is 44.5 Å². The molecule has 1 saturated heterocycles. The van der Waals surface area contributed by atoms with Crippen molar-refractivity contribution in [3.8, 4) is 5.88 Å². The average Bonchev–Trinajstić information content (AvgIpc) is 2.37. The van der Waals surface area contributed by atoms with Gasteiger partial charge in [0.05, 0.1) is 6.20 Å². The van der Waals surface area contributed by atoms with Gasteiger partial charge in [0.2, 0.25) is 5.88 Å². The van der Waals surface area contributed by atoms with E-state index in [-0.39, 0.29) is 4.90 Å². The predicted molar refractivity (Wildman–Crippen MR) is 73.0 cm³/mol. The quantitative estimate of drug-likeness (QED) is 0.795. The largest absolute Gasteiger partial charge is 0.476 e. The summed E-state index contributed by atoms with van der Waals surface area (Å²) in [6.45, 7) is 1.65. The number of pyridine rings is 1. The minimum atomic E-state index is -3.72. The number of piperidine rings is 1. The molecule has 0 saturated carbocycles. The summed E-state index contributed by atoms with van der Waals surface area (Å²) < 4.78 is 27.7. The van der Waals surface area contributed by atoms with Gasteiger partial charge in [-0.1, -0.05) is 6.42 Å². The van der Waals surface area contributed by atoms with Gasteiger partial charge in [0.1, 0.15) is 11.5 Å². The van der Waals surface area contributed by atoms with Gasteiger partial charge in [0.15, 0.2) is 0 Å². The molecule has 1 unspecified atom stereocenters. The maximum absolute atomic E-state index is 11.1. The van der Waals surface area contributed by atoms with E-state index < -0.39 is 9.05 Å². The molecule has 1 aromatic heterocycles. The van der Waals surface area contributed by atoms with Gasteiger partial charge >= 0.3 is 0 Å². The molecule has 0 radical (unpaired) electrons. The maximum Gasteiger partial charge on any atom is 0.262 e. The third-order valence-electron chi connectivity index (χ3n) is 3.34. The molecule has 1 atom stereocenters. The van der Waals surface area contributed by atoms with E-state index in [0.29, 0.717) is 18.5 Å². The van der Waals surface area contributed by atoms with E-state index in [2.05, 4.69) is 16.9 Å². The minimum absolute atomic E-state index is 0.0173. The van der Waals surface area contributed by atoms with Crippen LogP contribution in [0.25, 0.3) is 0 Å². The van der Waals surface area contributed by atoms with Crippen LogP contribution in [-0.2, 0) is 9.05 Å². The Bertz CT molecular complexity index is 518. The number of likely N-dealkylation sites (tertiary alicyclic amines) is 1. The highest BCUT2D eigenvalue weighted by Gasteiger charge is 2.19. The van der Waals surface area contributed by atoms with Gasteiger partial charge in [0, 0.05) is 22.8 Å². The third kappa shape index (κ3) is 4.06. The summed E-state index contributed by atoms with van der Waals surface area (Å²) in [5, 5.41) is 0. The van der Waals surface area contributed by atoms with Crippen molar-refractivity contribution in [3.63, 3.8) is 0 Å². The number of rotatable bonds is 4. The number of likely N-dealkylation sites (N-methyl/N-ethyl adjacent to an activating group) is 1. The lowest BCUT2D eigenvalue weighted by Crippen LogP contribution is -2.40. The molecule has 0 spiro atoms.